The molecule has 0 aromatic carbocycles. The highest BCUT2D eigenvalue weighted by Crippen LogP contribution is 2.32. The molecule has 94 valence electrons. The van der Waals surface area contributed by atoms with Gasteiger partial charge in [0, 0.05) is 6.08 Å². The monoisotopic (exact) mass is 283 g/mol. The number of rotatable bonds is 3. The van der Waals surface area contributed by atoms with Crippen molar-refractivity contribution in [1.29, 1.82) is 0 Å². The van der Waals surface area contributed by atoms with Gasteiger partial charge in [-0.3, -0.25) is 14.5 Å². The molecule has 1 amide bonds. The predicted molar refractivity (Wildman–Crippen MR) is 71.0 cm³/mol. The number of aliphatic carboxylic acids is 1. The highest BCUT2D eigenvalue weighted by atomic mass is 32.2. The Bertz CT molecular complexity index is 561. The molecular formula is C11H9NO4S2. The lowest BCUT2D eigenvalue weighted by atomic mass is 10.3. The number of carboxylic acid groups (broad SMARTS) is 1. The first-order chi connectivity index (χ1) is 8.47. The fourth-order valence-corrected chi connectivity index (χ4v) is 2.67. The summed E-state index contributed by atoms with van der Waals surface area (Å²) in [6.07, 6.45) is 1.56. The lowest BCUT2D eigenvalue weighted by molar-refractivity contribution is -0.140. The van der Waals surface area contributed by atoms with Crippen molar-refractivity contribution in [3.63, 3.8) is 0 Å². The number of nitrogens with zero attached hydrogens (tertiary/aromatic N) is 1. The summed E-state index contributed by atoms with van der Waals surface area (Å²) in [7, 11) is 0. The number of hydrogen-bond donors (Lipinski definition) is 1. The third kappa shape index (κ3) is 2.62. The van der Waals surface area contributed by atoms with Gasteiger partial charge in [-0.25, -0.2) is 0 Å². The molecule has 7 heteroatoms. The van der Waals surface area contributed by atoms with Crippen molar-refractivity contribution in [3.8, 4) is 0 Å². The summed E-state index contributed by atoms with van der Waals surface area (Å²) in [5, 5.41) is 8.69. The molecule has 2 rings (SSSR count). The smallest absolute Gasteiger partial charge is 0.323 e. The van der Waals surface area contributed by atoms with Gasteiger partial charge in [-0.05, 0) is 19.1 Å². The van der Waals surface area contributed by atoms with E-state index in [9.17, 15) is 9.59 Å². The third-order valence-electron chi connectivity index (χ3n) is 2.20. The van der Waals surface area contributed by atoms with Gasteiger partial charge in [0.2, 0.25) is 0 Å². The highest BCUT2D eigenvalue weighted by molar-refractivity contribution is 8.26. The van der Waals surface area contributed by atoms with Crippen LogP contribution < -0.4 is 0 Å². The number of hydrogen-bond acceptors (Lipinski definition) is 5. The summed E-state index contributed by atoms with van der Waals surface area (Å²) < 4.78 is 5.57. The molecule has 0 radical (unpaired) electrons. The molecule has 0 unspecified atom stereocenters. The SMILES string of the molecule is Cc1ccc(C=C2SC(=S)N(CC(=O)O)C2=O)o1. The second kappa shape index (κ2) is 4.95. The first-order valence-electron chi connectivity index (χ1n) is 5.01. The summed E-state index contributed by atoms with van der Waals surface area (Å²) in [5.74, 6) is -0.214. The first-order valence-corrected chi connectivity index (χ1v) is 6.23. The van der Waals surface area contributed by atoms with Gasteiger partial charge in [-0.15, -0.1) is 0 Å². The quantitative estimate of drug-likeness (QED) is 0.674. The van der Waals surface area contributed by atoms with Gasteiger partial charge in [0.15, 0.2) is 0 Å². The average Bonchev–Trinajstić information content (AvgIpc) is 2.78. The molecule has 0 saturated carbocycles. The number of thioether (sulfide) groups is 1. The lowest BCUT2D eigenvalue weighted by Gasteiger charge is -2.09. The zero-order valence-corrected chi connectivity index (χ0v) is 11.0. The maximum absolute atomic E-state index is 11.9. The van der Waals surface area contributed by atoms with Crippen LogP contribution in [0, 0.1) is 6.92 Å². The fourth-order valence-electron chi connectivity index (χ4n) is 1.43. The van der Waals surface area contributed by atoms with Gasteiger partial charge in [0.05, 0.1) is 4.91 Å². The maximum atomic E-state index is 11.9. The minimum Gasteiger partial charge on any atom is -0.480 e. The molecule has 0 atom stereocenters. The number of carbonyl (C=O) groups excluding carboxylic acids is 1. The van der Waals surface area contributed by atoms with Gasteiger partial charge in [0.1, 0.15) is 22.4 Å². The van der Waals surface area contributed by atoms with E-state index in [2.05, 4.69) is 0 Å². The van der Waals surface area contributed by atoms with E-state index in [0.717, 1.165) is 22.4 Å². The predicted octanol–water partition coefficient (Wildman–Crippen LogP) is 1.87. The Hall–Kier alpha value is -1.60. The van der Waals surface area contributed by atoms with Crippen LogP contribution in [0.2, 0.25) is 0 Å². The maximum Gasteiger partial charge on any atom is 0.323 e. The van der Waals surface area contributed by atoms with Crippen LogP contribution in [-0.4, -0.2) is 32.7 Å². The second-order valence-electron chi connectivity index (χ2n) is 3.61. The number of thiocarbonyl (C=S) groups is 1. The van der Waals surface area contributed by atoms with Crippen LogP contribution in [-0.2, 0) is 9.59 Å². The topological polar surface area (TPSA) is 70.8 Å². The van der Waals surface area contributed by atoms with Crippen LogP contribution in [0.25, 0.3) is 6.08 Å². The summed E-state index contributed by atoms with van der Waals surface area (Å²) in [6.45, 7) is 1.38. The van der Waals surface area contributed by atoms with Crippen molar-refractivity contribution >= 4 is 46.3 Å². The Kier molecular flexibility index (Phi) is 3.53. The Balaban J connectivity index is 2.22. The molecule has 1 aromatic heterocycles. The third-order valence-corrected chi connectivity index (χ3v) is 3.58. The minimum absolute atomic E-state index is 0.247. The first kappa shape index (κ1) is 12.8. The zero-order valence-electron chi connectivity index (χ0n) is 9.37. The fraction of sp³-hybridized carbons (Fsp3) is 0.182. The number of carbonyl (C=O) groups is 2. The van der Waals surface area contributed by atoms with Crippen LogP contribution in [0.1, 0.15) is 11.5 Å². The van der Waals surface area contributed by atoms with E-state index in [1.807, 2.05) is 0 Å². The van der Waals surface area contributed by atoms with Crippen LogP contribution in [0.3, 0.4) is 0 Å². The van der Waals surface area contributed by atoms with Crippen LogP contribution in [0.15, 0.2) is 21.5 Å². The zero-order chi connectivity index (χ0) is 13.3. The van der Waals surface area contributed by atoms with E-state index in [4.69, 9.17) is 21.7 Å². The molecule has 1 saturated heterocycles. The standard InChI is InChI=1S/C11H9NO4S2/c1-6-2-3-7(16-6)4-8-10(15)12(5-9(13)14)11(17)18-8/h2-4H,5H2,1H3,(H,13,14). The number of furan rings is 1. The van der Waals surface area contributed by atoms with Gasteiger partial charge in [-0.2, -0.15) is 0 Å². The summed E-state index contributed by atoms with van der Waals surface area (Å²) in [5.41, 5.74) is 0. The number of amides is 1. The average molecular weight is 283 g/mol. The molecule has 1 fully saturated rings. The van der Waals surface area contributed by atoms with Crippen molar-refractivity contribution in [2.75, 3.05) is 6.54 Å². The van der Waals surface area contributed by atoms with Crippen LogP contribution in [0.5, 0.6) is 0 Å². The summed E-state index contributed by atoms with van der Waals surface area (Å²) in [6, 6.07) is 3.52. The molecule has 1 aliphatic rings. The molecule has 1 aromatic rings. The van der Waals surface area contributed by atoms with Crippen LogP contribution in [0.4, 0.5) is 0 Å². The van der Waals surface area contributed by atoms with Crippen molar-refractivity contribution in [2.24, 2.45) is 0 Å². The summed E-state index contributed by atoms with van der Waals surface area (Å²) >= 11 is 6.04. The number of aryl methyl sites for hydroxylation is 1. The molecule has 18 heavy (non-hydrogen) atoms. The van der Waals surface area contributed by atoms with E-state index in [1.54, 1.807) is 25.1 Å². The van der Waals surface area contributed by atoms with Gasteiger partial charge >= 0.3 is 5.97 Å². The Morgan fingerprint density at radius 2 is 2.33 bits per heavy atom. The molecule has 5 nitrogen and oxygen atoms in total. The van der Waals surface area contributed by atoms with E-state index < -0.39 is 18.4 Å². The molecular weight excluding hydrogens is 274 g/mol. The molecule has 0 bridgehead atoms. The second-order valence-corrected chi connectivity index (χ2v) is 5.29. The molecule has 1 aliphatic heterocycles. The normalized spacial score (nSPS) is 17.8. The Labute approximate surface area is 112 Å². The van der Waals surface area contributed by atoms with E-state index in [0.29, 0.717) is 10.7 Å². The van der Waals surface area contributed by atoms with Crippen molar-refractivity contribution < 1.29 is 19.1 Å². The summed E-state index contributed by atoms with van der Waals surface area (Å²) in [4.78, 5) is 24.0. The van der Waals surface area contributed by atoms with Gasteiger partial charge in [-0.1, -0.05) is 24.0 Å². The van der Waals surface area contributed by atoms with Crippen LogP contribution >= 0.6 is 24.0 Å². The largest absolute Gasteiger partial charge is 0.480 e. The Morgan fingerprint density at radius 1 is 1.61 bits per heavy atom. The van der Waals surface area contributed by atoms with Crippen molar-refractivity contribution in [3.05, 3.63) is 28.6 Å². The minimum atomic E-state index is -1.10. The van der Waals surface area contributed by atoms with E-state index in [1.165, 1.54) is 0 Å². The molecule has 0 aliphatic carbocycles. The molecule has 1 N–H and O–H groups in total. The van der Waals surface area contributed by atoms with Crippen molar-refractivity contribution in [1.82, 2.24) is 4.90 Å². The lowest BCUT2D eigenvalue weighted by Crippen LogP contribution is -2.33. The van der Waals surface area contributed by atoms with E-state index in [-0.39, 0.29) is 4.32 Å². The molecule has 2 heterocycles. The van der Waals surface area contributed by atoms with E-state index >= 15 is 0 Å². The van der Waals surface area contributed by atoms with Crippen molar-refractivity contribution in [2.45, 2.75) is 6.92 Å². The Morgan fingerprint density at radius 3 is 2.89 bits per heavy atom. The number of carboxylic acids is 1. The van der Waals surface area contributed by atoms with Gasteiger partial charge < -0.3 is 9.52 Å². The van der Waals surface area contributed by atoms with Gasteiger partial charge in [0.25, 0.3) is 5.91 Å². The highest BCUT2D eigenvalue weighted by Gasteiger charge is 2.33. The molecule has 0 spiro atoms.